The highest BCUT2D eigenvalue weighted by atomic mass is 16.5. The van der Waals surface area contributed by atoms with Gasteiger partial charge in [0.25, 0.3) is 0 Å². The summed E-state index contributed by atoms with van der Waals surface area (Å²) in [5.74, 6) is 0.452. The van der Waals surface area contributed by atoms with Crippen LogP contribution < -0.4 is 16.0 Å². The first-order valence-electron chi connectivity index (χ1n) is 12.3. The minimum atomic E-state index is -0.541. The normalized spacial score (nSPS) is 10.7. The Morgan fingerprint density at radius 2 is 1.87 bits per heavy atom. The molecule has 210 valence electrons. The molecule has 0 spiro atoms. The Bertz CT molecular complexity index is 919. The maximum Gasteiger partial charge on any atom is 0.324 e. The Hall–Kier alpha value is -4.32. The standard InChI is InChI=1S/C15H19N5O3.C10H19N.C2H6.C2H2/c1-4-5-12(23-3)11(6-7-14(21)16-2)19-15(22)20-13-10-17-8-9-18-13;1-5-7-8-10(3)11(4)9-6-2;2*1-2/h4-6,8-10H,1,7H2,2-3H3,(H,16,21)(H2,18,19,20,22);5,7-8H,6,9H2,1-4H3;1-2H3;1-2H/b11-6+,12-5+;7-5-,10-8+;;. The molecule has 9 heteroatoms. The topological polar surface area (TPSA) is 108 Å². The minimum absolute atomic E-state index is 0.0785. The van der Waals surface area contributed by atoms with Gasteiger partial charge in [-0.1, -0.05) is 45.6 Å². The molecule has 0 aliphatic heterocycles. The summed E-state index contributed by atoms with van der Waals surface area (Å²) in [5.41, 5.74) is 1.65. The van der Waals surface area contributed by atoms with Crippen molar-refractivity contribution in [3.05, 3.63) is 78.8 Å². The number of ether oxygens (including phenoxy) is 1. The number of nitrogens with one attached hydrogen (secondary N) is 3. The molecule has 3 N–H and O–H groups in total. The van der Waals surface area contributed by atoms with Gasteiger partial charge in [-0.15, -0.1) is 12.8 Å². The second kappa shape index (κ2) is 27.3. The molecule has 3 amide bonds. The first kappa shape index (κ1) is 38.2. The number of terminal acetylenes is 1. The number of hydrogen-bond donors (Lipinski definition) is 3. The van der Waals surface area contributed by atoms with Crippen LogP contribution in [0.4, 0.5) is 10.6 Å². The van der Waals surface area contributed by atoms with Crippen molar-refractivity contribution in [3.63, 3.8) is 0 Å². The molecule has 1 aromatic rings. The lowest BCUT2D eigenvalue weighted by Crippen LogP contribution is -2.30. The number of rotatable bonds is 11. The number of hydrogen-bond acceptors (Lipinski definition) is 6. The summed E-state index contributed by atoms with van der Waals surface area (Å²) in [4.78, 5) is 33.4. The van der Waals surface area contributed by atoms with E-state index in [0.717, 1.165) is 6.54 Å². The zero-order valence-electron chi connectivity index (χ0n) is 24.2. The molecule has 0 aliphatic rings. The van der Waals surface area contributed by atoms with E-state index in [4.69, 9.17) is 4.74 Å². The van der Waals surface area contributed by atoms with Crippen LogP contribution >= 0.6 is 0 Å². The van der Waals surface area contributed by atoms with E-state index in [9.17, 15) is 9.59 Å². The molecule has 1 rings (SSSR count). The SMILES string of the molecule is C#C.C/C=C\C=C(/C)N(C)CCC.C=C/C=C(OC)\C(=C/CC(=O)NC)NC(=O)Nc1cnccn1.CC. The van der Waals surface area contributed by atoms with Gasteiger partial charge in [0.05, 0.1) is 19.0 Å². The lowest BCUT2D eigenvalue weighted by Gasteiger charge is -2.18. The van der Waals surface area contributed by atoms with Crippen LogP contribution in [0.5, 0.6) is 0 Å². The molecular weight excluding hydrogens is 480 g/mol. The number of methoxy groups -OCH3 is 1. The highest BCUT2D eigenvalue weighted by Crippen LogP contribution is 2.10. The monoisotopic (exact) mass is 526 g/mol. The molecule has 0 unspecified atom stereocenters. The zero-order chi connectivity index (χ0) is 29.8. The van der Waals surface area contributed by atoms with Crippen molar-refractivity contribution in [1.82, 2.24) is 25.5 Å². The number of carbonyl (C=O) groups excluding carboxylic acids is 2. The predicted octanol–water partition coefficient (Wildman–Crippen LogP) is 5.42. The van der Waals surface area contributed by atoms with E-state index in [0.29, 0.717) is 17.3 Å². The number of urea groups is 1. The number of aromatic nitrogens is 2. The lowest BCUT2D eigenvalue weighted by molar-refractivity contribution is -0.119. The Morgan fingerprint density at radius 1 is 1.21 bits per heavy atom. The van der Waals surface area contributed by atoms with Gasteiger partial charge in [-0.3, -0.25) is 15.1 Å². The van der Waals surface area contributed by atoms with Crippen molar-refractivity contribution in [2.24, 2.45) is 0 Å². The fourth-order valence-corrected chi connectivity index (χ4v) is 2.39. The highest BCUT2D eigenvalue weighted by molar-refractivity contribution is 5.89. The molecule has 0 saturated carbocycles. The Morgan fingerprint density at radius 3 is 2.34 bits per heavy atom. The summed E-state index contributed by atoms with van der Waals surface area (Å²) in [6.07, 6.45) is 24.5. The van der Waals surface area contributed by atoms with Gasteiger partial charge in [0.1, 0.15) is 5.76 Å². The van der Waals surface area contributed by atoms with Gasteiger partial charge >= 0.3 is 6.03 Å². The molecule has 38 heavy (non-hydrogen) atoms. The average Bonchev–Trinajstić information content (AvgIpc) is 2.95. The summed E-state index contributed by atoms with van der Waals surface area (Å²) >= 11 is 0. The average molecular weight is 527 g/mol. The van der Waals surface area contributed by atoms with Crippen LogP contribution in [0.2, 0.25) is 0 Å². The molecule has 0 aromatic carbocycles. The van der Waals surface area contributed by atoms with Crippen molar-refractivity contribution in [3.8, 4) is 12.8 Å². The summed E-state index contributed by atoms with van der Waals surface area (Å²) in [7, 11) is 5.10. The smallest absolute Gasteiger partial charge is 0.324 e. The van der Waals surface area contributed by atoms with Gasteiger partial charge in [0.2, 0.25) is 5.91 Å². The maximum absolute atomic E-state index is 12.0. The second-order valence-electron chi connectivity index (χ2n) is 6.89. The van der Waals surface area contributed by atoms with Gasteiger partial charge in [0.15, 0.2) is 5.82 Å². The quantitative estimate of drug-likeness (QED) is 0.202. The van der Waals surface area contributed by atoms with Gasteiger partial charge < -0.3 is 20.3 Å². The number of nitrogens with zero attached hydrogens (tertiary/aromatic N) is 3. The lowest BCUT2D eigenvalue weighted by atomic mass is 10.2. The third kappa shape index (κ3) is 19.9. The molecular formula is C29H46N6O3. The van der Waals surface area contributed by atoms with Crippen molar-refractivity contribution in [1.29, 1.82) is 0 Å². The van der Waals surface area contributed by atoms with E-state index in [1.54, 1.807) is 6.08 Å². The second-order valence-corrected chi connectivity index (χ2v) is 6.89. The number of amides is 3. The van der Waals surface area contributed by atoms with Crippen LogP contribution in [0.3, 0.4) is 0 Å². The van der Waals surface area contributed by atoms with Gasteiger partial charge in [-0.05, 0) is 38.5 Å². The Kier molecular flexibility index (Phi) is 27.4. The molecule has 0 fully saturated rings. The molecule has 0 bridgehead atoms. The fraction of sp³-hybridized carbons (Fsp3) is 0.379. The Balaban J connectivity index is -0.000000686. The van der Waals surface area contributed by atoms with Crippen LogP contribution in [0.25, 0.3) is 0 Å². The van der Waals surface area contributed by atoms with Crippen LogP contribution in [-0.4, -0.2) is 54.6 Å². The van der Waals surface area contributed by atoms with Gasteiger partial charge in [-0.2, -0.15) is 0 Å². The Labute approximate surface area is 229 Å². The molecule has 1 aromatic heterocycles. The molecule has 1 heterocycles. The summed E-state index contributed by atoms with van der Waals surface area (Å²) in [6, 6.07) is -0.541. The predicted molar refractivity (Wildman–Crippen MR) is 159 cm³/mol. The van der Waals surface area contributed by atoms with E-state index in [1.807, 2.05) is 26.8 Å². The highest BCUT2D eigenvalue weighted by Gasteiger charge is 2.11. The van der Waals surface area contributed by atoms with Crippen molar-refractivity contribution in [2.45, 2.75) is 47.5 Å². The van der Waals surface area contributed by atoms with E-state index in [2.05, 4.69) is 83.3 Å². The summed E-state index contributed by atoms with van der Waals surface area (Å²) < 4.78 is 5.19. The van der Waals surface area contributed by atoms with Crippen LogP contribution in [0.15, 0.2) is 78.8 Å². The summed E-state index contributed by atoms with van der Waals surface area (Å²) in [5, 5.41) is 7.62. The largest absolute Gasteiger partial charge is 0.495 e. The van der Waals surface area contributed by atoms with E-state index in [1.165, 1.54) is 57.0 Å². The third-order valence-corrected chi connectivity index (χ3v) is 4.27. The van der Waals surface area contributed by atoms with Gasteiger partial charge in [0, 0.05) is 45.2 Å². The number of allylic oxidation sites excluding steroid dienone is 6. The molecule has 0 atom stereocenters. The van der Waals surface area contributed by atoms with Crippen LogP contribution in [-0.2, 0) is 9.53 Å². The van der Waals surface area contributed by atoms with E-state index in [-0.39, 0.29) is 12.3 Å². The van der Waals surface area contributed by atoms with E-state index < -0.39 is 6.03 Å². The van der Waals surface area contributed by atoms with Crippen molar-refractivity contribution >= 4 is 17.8 Å². The van der Waals surface area contributed by atoms with Crippen molar-refractivity contribution in [2.75, 3.05) is 33.1 Å². The fourth-order valence-electron chi connectivity index (χ4n) is 2.39. The maximum atomic E-state index is 12.0. The molecule has 9 nitrogen and oxygen atoms in total. The van der Waals surface area contributed by atoms with Crippen LogP contribution in [0, 0.1) is 12.8 Å². The van der Waals surface area contributed by atoms with Crippen LogP contribution in [0.1, 0.15) is 47.5 Å². The minimum Gasteiger partial charge on any atom is -0.495 e. The zero-order valence-corrected chi connectivity index (χ0v) is 24.2. The van der Waals surface area contributed by atoms with Crippen molar-refractivity contribution < 1.29 is 14.3 Å². The number of anilines is 1. The third-order valence-electron chi connectivity index (χ3n) is 4.27. The summed E-state index contributed by atoms with van der Waals surface area (Å²) in [6.45, 7) is 15.1. The number of carbonyl (C=O) groups is 2. The van der Waals surface area contributed by atoms with E-state index >= 15 is 0 Å². The molecule has 0 saturated heterocycles. The van der Waals surface area contributed by atoms with Gasteiger partial charge in [-0.25, -0.2) is 9.78 Å². The first-order chi connectivity index (χ1) is 18.3. The molecule has 0 radical (unpaired) electrons. The first-order valence-corrected chi connectivity index (χ1v) is 12.3. The molecule has 0 aliphatic carbocycles.